The molecule has 0 spiro atoms. The topological polar surface area (TPSA) is 35.6 Å². The van der Waals surface area contributed by atoms with Crippen molar-refractivity contribution in [2.75, 3.05) is 30.4 Å². The van der Waals surface area contributed by atoms with Crippen LogP contribution in [0.4, 0.5) is 20.6 Å². The minimum Gasteiger partial charge on any atom is -0.372 e. The smallest absolute Gasteiger partial charge is 0.321 e. The van der Waals surface area contributed by atoms with E-state index in [9.17, 15) is 9.18 Å². The van der Waals surface area contributed by atoms with Gasteiger partial charge in [-0.15, -0.1) is 0 Å². The van der Waals surface area contributed by atoms with Crippen LogP contribution in [0.3, 0.4) is 0 Å². The molecule has 0 aliphatic rings. The van der Waals surface area contributed by atoms with Crippen LogP contribution in [0, 0.1) is 5.82 Å². The molecule has 0 heterocycles. The second kappa shape index (κ2) is 8.34. The Morgan fingerprint density at radius 3 is 2.25 bits per heavy atom. The molecule has 0 unspecified atom stereocenters. The van der Waals surface area contributed by atoms with Crippen molar-refractivity contribution >= 4 is 17.4 Å². The zero-order valence-electron chi connectivity index (χ0n) is 14.4. The van der Waals surface area contributed by atoms with E-state index < -0.39 is 5.82 Å². The quantitative estimate of drug-likeness (QED) is 0.856. The lowest BCUT2D eigenvalue weighted by Gasteiger charge is -2.22. The Balaban J connectivity index is 1.97. The Morgan fingerprint density at radius 1 is 1.04 bits per heavy atom. The van der Waals surface area contributed by atoms with Crippen LogP contribution in [0.5, 0.6) is 0 Å². The Bertz CT molecular complexity index is 669. The normalized spacial score (nSPS) is 10.3. The van der Waals surface area contributed by atoms with Gasteiger partial charge in [-0.2, -0.15) is 0 Å². The first-order chi connectivity index (χ1) is 11.5. The highest BCUT2D eigenvalue weighted by molar-refractivity contribution is 5.89. The highest BCUT2D eigenvalue weighted by atomic mass is 19.1. The number of benzene rings is 2. The number of carbonyl (C=O) groups excluding carboxylic acids is 1. The van der Waals surface area contributed by atoms with Crippen LogP contribution in [0.2, 0.25) is 0 Å². The molecule has 0 radical (unpaired) electrons. The van der Waals surface area contributed by atoms with Gasteiger partial charge in [0.1, 0.15) is 5.82 Å². The van der Waals surface area contributed by atoms with Crippen molar-refractivity contribution in [3.63, 3.8) is 0 Å². The Hall–Kier alpha value is -2.56. The van der Waals surface area contributed by atoms with Crippen LogP contribution >= 0.6 is 0 Å². The number of rotatable bonds is 6. The van der Waals surface area contributed by atoms with Gasteiger partial charge in [0.2, 0.25) is 0 Å². The van der Waals surface area contributed by atoms with Crippen LogP contribution in [-0.4, -0.2) is 31.1 Å². The number of halogens is 1. The molecule has 0 fully saturated rings. The number of amides is 2. The highest BCUT2D eigenvalue weighted by Crippen LogP contribution is 2.17. The van der Waals surface area contributed by atoms with Crippen molar-refractivity contribution in [1.29, 1.82) is 0 Å². The van der Waals surface area contributed by atoms with Crippen molar-refractivity contribution in [2.24, 2.45) is 0 Å². The van der Waals surface area contributed by atoms with Crippen molar-refractivity contribution < 1.29 is 9.18 Å². The summed E-state index contributed by atoms with van der Waals surface area (Å²) in [5, 5.41) is 2.58. The maximum atomic E-state index is 13.6. The third-order valence-corrected chi connectivity index (χ3v) is 3.95. The van der Waals surface area contributed by atoms with Gasteiger partial charge in [-0.25, -0.2) is 9.18 Å². The van der Waals surface area contributed by atoms with Gasteiger partial charge < -0.3 is 15.1 Å². The number of nitrogens with zero attached hydrogens (tertiary/aromatic N) is 2. The molecule has 24 heavy (non-hydrogen) atoms. The summed E-state index contributed by atoms with van der Waals surface area (Å²) < 4.78 is 13.6. The number of nitrogens with one attached hydrogen (secondary N) is 1. The van der Waals surface area contributed by atoms with Gasteiger partial charge in [0.25, 0.3) is 0 Å². The molecule has 0 aliphatic heterocycles. The molecule has 2 aromatic carbocycles. The van der Waals surface area contributed by atoms with Gasteiger partial charge in [-0.05, 0) is 43.7 Å². The molecule has 0 aliphatic carbocycles. The van der Waals surface area contributed by atoms with E-state index in [0.29, 0.717) is 6.54 Å². The van der Waals surface area contributed by atoms with Crippen LogP contribution in [0.25, 0.3) is 0 Å². The minimum atomic E-state index is -0.442. The molecule has 2 aromatic rings. The van der Waals surface area contributed by atoms with Crippen LogP contribution in [0.1, 0.15) is 19.4 Å². The van der Waals surface area contributed by atoms with Gasteiger partial charge in [0, 0.05) is 32.4 Å². The fourth-order valence-corrected chi connectivity index (χ4v) is 2.52. The molecule has 0 bridgehead atoms. The average Bonchev–Trinajstić information content (AvgIpc) is 2.59. The third kappa shape index (κ3) is 4.47. The van der Waals surface area contributed by atoms with Crippen LogP contribution in [-0.2, 0) is 6.54 Å². The summed E-state index contributed by atoms with van der Waals surface area (Å²) in [5.74, 6) is -0.442. The Kier molecular flexibility index (Phi) is 6.18. The molecular weight excluding hydrogens is 305 g/mol. The zero-order chi connectivity index (χ0) is 17.5. The van der Waals surface area contributed by atoms with Crippen molar-refractivity contribution in [3.8, 4) is 0 Å². The first-order valence-corrected chi connectivity index (χ1v) is 8.15. The van der Waals surface area contributed by atoms with E-state index in [0.717, 1.165) is 18.7 Å². The summed E-state index contributed by atoms with van der Waals surface area (Å²) >= 11 is 0. The first-order valence-electron chi connectivity index (χ1n) is 8.15. The largest absolute Gasteiger partial charge is 0.372 e. The van der Waals surface area contributed by atoms with Crippen molar-refractivity contribution in [3.05, 3.63) is 59.9 Å². The molecule has 0 saturated carbocycles. The average molecular weight is 329 g/mol. The predicted molar refractivity (Wildman–Crippen MR) is 96.9 cm³/mol. The van der Waals surface area contributed by atoms with E-state index in [1.807, 2.05) is 12.1 Å². The van der Waals surface area contributed by atoms with E-state index in [2.05, 4.69) is 36.2 Å². The molecule has 2 amide bonds. The molecule has 4 nitrogen and oxygen atoms in total. The highest BCUT2D eigenvalue weighted by Gasteiger charge is 2.12. The summed E-state index contributed by atoms with van der Waals surface area (Å²) in [5.41, 5.74) is 2.38. The van der Waals surface area contributed by atoms with E-state index in [1.165, 1.54) is 16.7 Å². The maximum absolute atomic E-state index is 13.6. The minimum absolute atomic E-state index is 0.186. The second-order valence-corrected chi connectivity index (χ2v) is 5.60. The first kappa shape index (κ1) is 17.8. The van der Waals surface area contributed by atoms with E-state index >= 15 is 0 Å². The number of hydrogen-bond acceptors (Lipinski definition) is 2. The maximum Gasteiger partial charge on any atom is 0.321 e. The third-order valence-electron chi connectivity index (χ3n) is 3.95. The summed E-state index contributed by atoms with van der Waals surface area (Å²) in [4.78, 5) is 16.0. The molecular formula is C19H24FN3O. The fourth-order valence-electron chi connectivity index (χ4n) is 2.52. The van der Waals surface area contributed by atoms with Gasteiger partial charge in [-0.3, -0.25) is 0 Å². The lowest BCUT2D eigenvalue weighted by Crippen LogP contribution is -2.31. The Labute approximate surface area is 142 Å². The number of hydrogen-bond donors (Lipinski definition) is 1. The lowest BCUT2D eigenvalue weighted by atomic mass is 10.2. The molecule has 5 heteroatoms. The monoisotopic (exact) mass is 329 g/mol. The standard InChI is InChI=1S/C19H24FN3O/c1-4-23(5-2)16-12-10-15(11-13-16)14-22(3)19(24)21-18-9-7-6-8-17(18)20/h6-13H,4-5,14H2,1-3H3,(H,21,24). The van der Waals surface area contributed by atoms with Gasteiger partial charge in [0.05, 0.1) is 5.69 Å². The number of para-hydroxylation sites is 1. The number of urea groups is 1. The lowest BCUT2D eigenvalue weighted by molar-refractivity contribution is 0.220. The number of carbonyl (C=O) groups is 1. The van der Waals surface area contributed by atoms with E-state index in [1.54, 1.807) is 25.2 Å². The molecule has 128 valence electrons. The van der Waals surface area contributed by atoms with E-state index in [4.69, 9.17) is 0 Å². The molecule has 0 aromatic heterocycles. The van der Waals surface area contributed by atoms with Crippen molar-refractivity contribution in [2.45, 2.75) is 20.4 Å². The van der Waals surface area contributed by atoms with Crippen LogP contribution in [0.15, 0.2) is 48.5 Å². The van der Waals surface area contributed by atoms with Gasteiger partial charge in [0.15, 0.2) is 0 Å². The predicted octanol–water partition coefficient (Wildman–Crippen LogP) is 4.34. The van der Waals surface area contributed by atoms with Crippen molar-refractivity contribution in [1.82, 2.24) is 4.90 Å². The zero-order valence-corrected chi connectivity index (χ0v) is 14.4. The summed E-state index contributed by atoms with van der Waals surface area (Å²) in [6, 6.07) is 13.9. The summed E-state index contributed by atoms with van der Waals surface area (Å²) in [6.07, 6.45) is 0. The summed E-state index contributed by atoms with van der Waals surface area (Å²) in [7, 11) is 1.69. The van der Waals surface area contributed by atoms with Crippen LogP contribution < -0.4 is 10.2 Å². The Morgan fingerprint density at radius 2 is 1.67 bits per heavy atom. The van der Waals surface area contributed by atoms with Gasteiger partial charge >= 0.3 is 6.03 Å². The van der Waals surface area contributed by atoms with E-state index in [-0.39, 0.29) is 11.7 Å². The van der Waals surface area contributed by atoms with Gasteiger partial charge in [-0.1, -0.05) is 24.3 Å². The molecule has 0 atom stereocenters. The SMILES string of the molecule is CCN(CC)c1ccc(CN(C)C(=O)Nc2ccccc2F)cc1. The molecule has 1 N–H and O–H groups in total. The second-order valence-electron chi connectivity index (χ2n) is 5.60. The molecule has 2 rings (SSSR count). The number of anilines is 2. The molecule has 0 saturated heterocycles. The fraction of sp³-hybridized carbons (Fsp3) is 0.316. The summed E-state index contributed by atoms with van der Waals surface area (Å²) in [6.45, 7) is 6.62.